The van der Waals surface area contributed by atoms with Crippen LogP contribution in [0.1, 0.15) is 31.0 Å². The molecule has 1 aromatic carbocycles. The van der Waals surface area contributed by atoms with Crippen LogP contribution in [-0.2, 0) is 11.2 Å². The third-order valence-electron chi connectivity index (χ3n) is 5.18. The third-order valence-corrected chi connectivity index (χ3v) is 6.07. The Morgan fingerprint density at radius 1 is 1.27 bits per heavy atom. The van der Waals surface area contributed by atoms with Crippen LogP contribution in [0, 0.1) is 6.92 Å². The van der Waals surface area contributed by atoms with Crippen LogP contribution in [0.4, 0.5) is 4.39 Å². The van der Waals surface area contributed by atoms with Crippen molar-refractivity contribution < 1.29 is 9.18 Å². The highest BCUT2D eigenvalue weighted by molar-refractivity contribution is 7.14. The molecule has 9 heteroatoms. The van der Waals surface area contributed by atoms with Gasteiger partial charge in [-0.3, -0.25) is 4.79 Å². The summed E-state index contributed by atoms with van der Waals surface area (Å²) in [6.07, 6.45) is -0.343. The number of carbonyl (C=O) groups excluding carboxylic acids is 1. The Balaban J connectivity index is 1.46. The van der Waals surface area contributed by atoms with Gasteiger partial charge in [-0.25, -0.2) is 4.39 Å². The number of nitrogens with zero attached hydrogens (tertiary/aromatic N) is 5. The number of nitrogens with one attached hydrogen (secondary N) is 1. The molecule has 1 aliphatic rings. The number of carbonyl (C=O) groups is 1. The van der Waals surface area contributed by atoms with Crippen molar-refractivity contribution in [3.05, 3.63) is 35.0 Å². The minimum atomic E-state index is -1.06. The second-order valence-corrected chi connectivity index (χ2v) is 9.17. The number of aromatic nitrogens is 4. The van der Waals surface area contributed by atoms with Crippen LogP contribution >= 0.6 is 11.3 Å². The Bertz CT molecular complexity index is 1050. The Labute approximate surface area is 178 Å². The molecular formula is C21H25FN6OS. The molecule has 1 amide bonds. The number of hydrogen-bond acceptors (Lipinski definition) is 7. The predicted molar refractivity (Wildman–Crippen MR) is 115 cm³/mol. The van der Waals surface area contributed by atoms with Crippen molar-refractivity contribution in [1.82, 2.24) is 30.6 Å². The van der Waals surface area contributed by atoms with Gasteiger partial charge in [-0.2, -0.15) is 10.2 Å². The van der Waals surface area contributed by atoms with E-state index in [1.54, 1.807) is 4.90 Å². The lowest BCUT2D eigenvalue weighted by Gasteiger charge is -2.36. The summed E-state index contributed by atoms with van der Waals surface area (Å²) in [4.78, 5) is 14.3. The largest absolute Gasteiger partial charge is 0.339 e. The van der Waals surface area contributed by atoms with Crippen LogP contribution in [0.15, 0.2) is 24.3 Å². The SMILES string of the molecule is Cc1nnc(-c2ccc3nnc(CC(=O)N4CC[C@H](NC(C)C)[C@@H](F)C4)cc3c2)s1. The molecule has 2 atom stereocenters. The summed E-state index contributed by atoms with van der Waals surface area (Å²) in [6, 6.07) is 7.71. The average Bonchev–Trinajstić information content (AvgIpc) is 3.15. The minimum absolute atomic E-state index is 0.111. The van der Waals surface area contributed by atoms with Crippen LogP contribution in [0.3, 0.4) is 0 Å². The Hall–Kier alpha value is -2.52. The molecule has 7 nitrogen and oxygen atoms in total. The number of fused-ring (bicyclic) bond motifs is 1. The van der Waals surface area contributed by atoms with Gasteiger partial charge in [0.15, 0.2) is 0 Å². The number of aryl methyl sites for hydroxylation is 1. The number of hydrogen-bond donors (Lipinski definition) is 1. The van der Waals surface area contributed by atoms with E-state index in [9.17, 15) is 9.18 Å². The zero-order valence-corrected chi connectivity index (χ0v) is 18.1. The van der Waals surface area contributed by atoms with E-state index in [1.807, 2.05) is 45.0 Å². The van der Waals surface area contributed by atoms with Crippen molar-refractivity contribution in [3.63, 3.8) is 0 Å². The van der Waals surface area contributed by atoms with Gasteiger partial charge in [-0.15, -0.1) is 10.2 Å². The molecule has 0 aliphatic carbocycles. The second-order valence-electron chi connectivity index (χ2n) is 7.98. The molecule has 158 valence electrons. The number of rotatable bonds is 5. The molecule has 0 spiro atoms. The van der Waals surface area contributed by atoms with Crippen molar-refractivity contribution in [2.75, 3.05) is 13.1 Å². The second kappa shape index (κ2) is 8.69. The summed E-state index contributed by atoms with van der Waals surface area (Å²) >= 11 is 1.53. The lowest BCUT2D eigenvalue weighted by atomic mass is 10.0. The van der Waals surface area contributed by atoms with Gasteiger partial charge in [0.2, 0.25) is 5.91 Å². The van der Waals surface area contributed by atoms with E-state index < -0.39 is 6.17 Å². The van der Waals surface area contributed by atoms with Crippen molar-refractivity contribution in [2.45, 2.75) is 51.9 Å². The molecule has 1 saturated heterocycles. The highest BCUT2D eigenvalue weighted by Gasteiger charge is 2.31. The van der Waals surface area contributed by atoms with E-state index in [2.05, 4.69) is 25.7 Å². The summed E-state index contributed by atoms with van der Waals surface area (Å²) in [5.74, 6) is -0.120. The fourth-order valence-electron chi connectivity index (χ4n) is 3.73. The number of piperidine rings is 1. The molecule has 1 aliphatic heterocycles. The van der Waals surface area contributed by atoms with E-state index in [0.29, 0.717) is 18.7 Å². The first kappa shape index (κ1) is 20.7. The summed E-state index contributed by atoms with van der Waals surface area (Å²) in [5, 5.41) is 22.6. The topological polar surface area (TPSA) is 83.9 Å². The Kier molecular flexibility index (Phi) is 6.01. The molecule has 1 N–H and O–H groups in total. The van der Waals surface area contributed by atoms with Crippen molar-refractivity contribution in [1.29, 1.82) is 0 Å². The molecule has 3 heterocycles. The Morgan fingerprint density at radius 3 is 2.80 bits per heavy atom. The van der Waals surface area contributed by atoms with Crippen LogP contribution in [-0.4, -0.2) is 62.5 Å². The smallest absolute Gasteiger partial charge is 0.228 e. The zero-order chi connectivity index (χ0) is 21.3. The molecule has 2 aromatic heterocycles. The molecule has 0 bridgehead atoms. The molecule has 0 unspecified atom stereocenters. The first-order valence-corrected chi connectivity index (χ1v) is 11.0. The van der Waals surface area contributed by atoms with E-state index in [4.69, 9.17) is 0 Å². The highest BCUT2D eigenvalue weighted by atomic mass is 32.1. The third kappa shape index (κ3) is 4.62. The molecule has 0 radical (unpaired) electrons. The van der Waals surface area contributed by atoms with E-state index in [0.717, 1.165) is 26.5 Å². The molecule has 1 fully saturated rings. The van der Waals surface area contributed by atoms with E-state index in [-0.39, 0.29) is 31.0 Å². The van der Waals surface area contributed by atoms with Crippen molar-refractivity contribution >= 4 is 28.1 Å². The summed E-state index contributed by atoms with van der Waals surface area (Å²) in [6.45, 7) is 6.58. The fraction of sp³-hybridized carbons (Fsp3) is 0.476. The van der Waals surface area contributed by atoms with E-state index in [1.165, 1.54) is 11.3 Å². The number of halogens is 1. The first-order valence-electron chi connectivity index (χ1n) is 10.1. The predicted octanol–water partition coefficient (Wildman–Crippen LogP) is 2.94. The van der Waals surface area contributed by atoms with Gasteiger partial charge in [0, 0.05) is 29.6 Å². The number of benzene rings is 1. The van der Waals surface area contributed by atoms with Crippen LogP contribution in [0.5, 0.6) is 0 Å². The molecule has 0 saturated carbocycles. The van der Waals surface area contributed by atoms with Gasteiger partial charge in [0.1, 0.15) is 16.2 Å². The van der Waals surface area contributed by atoms with Gasteiger partial charge < -0.3 is 10.2 Å². The lowest BCUT2D eigenvalue weighted by molar-refractivity contribution is -0.133. The van der Waals surface area contributed by atoms with E-state index >= 15 is 0 Å². The van der Waals surface area contributed by atoms with Gasteiger partial charge in [-0.1, -0.05) is 25.2 Å². The number of amides is 1. The molecule has 30 heavy (non-hydrogen) atoms. The van der Waals surface area contributed by atoms with Crippen molar-refractivity contribution in [3.8, 4) is 10.6 Å². The molecule has 3 aromatic rings. The summed E-state index contributed by atoms with van der Waals surface area (Å²) in [5.41, 5.74) is 2.29. The lowest BCUT2D eigenvalue weighted by Crippen LogP contribution is -2.54. The first-order chi connectivity index (χ1) is 14.4. The monoisotopic (exact) mass is 428 g/mol. The zero-order valence-electron chi connectivity index (χ0n) is 17.3. The van der Waals surface area contributed by atoms with Gasteiger partial charge in [0.05, 0.1) is 24.2 Å². The van der Waals surface area contributed by atoms with Crippen LogP contribution < -0.4 is 5.32 Å². The highest BCUT2D eigenvalue weighted by Crippen LogP contribution is 2.26. The number of likely N-dealkylation sites (tertiary alicyclic amines) is 1. The van der Waals surface area contributed by atoms with Crippen LogP contribution in [0.2, 0.25) is 0 Å². The molecule has 4 rings (SSSR count). The maximum atomic E-state index is 14.5. The summed E-state index contributed by atoms with van der Waals surface area (Å²) < 4.78 is 14.5. The van der Waals surface area contributed by atoms with Crippen LogP contribution in [0.25, 0.3) is 21.5 Å². The Morgan fingerprint density at radius 2 is 2.10 bits per heavy atom. The standard InChI is InChI=1S/C21H25FN6OS/c1-12(2)23-19-6-7-28(11-17(19)22)20(29)10-16-9-15-8-14(4-5-18(15)26-25-16)21-27-24-13(3)30-21/h4-5,8-9,12,17,19,23H,6-7,10-11H2,1-3H3/t17-,19-/m0/s1. The fourth-order valence-corrected chi connectivity index (χ4v) is 4.42. The molecular weight excluding hydrogens is 403 g/mol. The van der Waals surface area contributed by atoms with Gasteiger partial charge in [-0.05, 0) is 37.6 Å². The van der Waals surface area contributed by atoms with Crippen molar-refractivity contribution in [2.24, 2.45) is 0 Å². The normalized spacial score (nSPS) is 19.6. The average molecular weight is 429 g/mol. The number of alkyl halides is 1. The summed E-state index contributed by atoms with van der Waals surface area (Å²) in [7, 11) is 0. The van der Waals surface area contributed by atoms with Gasteiger partial charge >= 0.3 is 0 Å². The maximum absolute atomic E-state index is 14.5. The maximum Gasteiger partial charge on any atom is 0.228 e. The van der Waals surface area contributed by atoms with Gasteiger partial charge in [0.25, 0.3) is 0 Å². The quantitative estimate of drug-likeness (QED) is 0.673. The minimum Gasteiger partial charge on any atom is -0.339 e.